The van der Waals surface area contributed by atoms with Crippen LogP contribution in [-0.4, -0.2) is 11.6 Å². The first-order chi connectivity index (χ1) is 10.9. The Morgan fingerprint density at radius 1 is 1.00 bits per heavy atom. The second-order valence-corrected chi connectivity index (χ2v) is 6.60. The van der Waals surface area contributed by atoms with Crippen LogP contribution in [0.5, 0.6) is 0 Å². The highest BCUT2D eigenvalue weighted by molar-refractivity contribution is 6.02. The van der Waals surface area contributed by atoms with Gasteiger partial charge in [-0.2, -0.15) is 0 Å². The Hall–Kier alpha value is -2.55. The third-order valence-electron chi connectivity index (χ3n) is 3.62. The Morgan fingerprint density at radius 3 is 2.35 bits per heavy atom. The molecule has 0 bridgehead atoms. The fourth-order valence-corrected chi connectivity index (χ4v) is 2.68. The van der Waals surface area contributed by atoms with Gasteiger partial charge in [0.25, 0.3) is 0 Å². The van der Waals surface area contributed by atoms with Crippen LogP contribution in [0.4, 0.5) is 0 Å². The second kappa shape index (κ2) is 5.58. The number of carbonyl (C=O) groups excluding carboxylic acids is 1. The van der Waals surface area contributed by atoms with E-state index in [1.165, 1.54) is 0 Å². The van der Waals surface area contributed by atoms with Crippen molar-refractivity contribution in [3.63, 3.8) is 0 Å². The van der Waals surface area contributed by atoms with Crippen molar-refractivity contribution in [1.82, 2.24) is 0 Å². The standard InChI is InChI=1S/C20H20O3/c1-13-17-15(14-9-6-5-7-10-14)11-8-12-16(17)22-18(13)19(21)23-20(2,3)4/h5-12H,1-4H3. The smallest absolute Gasteiger partial charge is 0.375 e. The van der Waals surface area contributed by atoms with E-state index in [9.17, 15) is 4.79 Å². The highest BCUT2D eigenvalue weighted by Gasteiger charge is 2.25. The predicted molar refractivity (Wildman–Crippen MR) is 91.6 cm³/mol. The summed E-state index contributed by atoms with van der Waals surface area (Å²) in [7, 11) is 0. The van der Waals surface area contributed by atoms with Crippen molar-refractivity contribution in [2.75, 3.05) is 0 Å². The van der Waals surface area contributed by atoms with Gasteiger partial charge in [-0.15, -0.1) is 0 Å². The fourth-order valence-electron chi connectivity index (χ4n) is 2.68. The predicted octanol–water partition coefficient (Wildman–Crippen LogP) is 5.36. The van der Waals surface area contributed by atoms with Crippen LogP contribution in [0.1, 0.15) is 36.9 Å². The highest BCUT2D eigenvalue weighted by atomic mass is 16.6. The molecule has 0 amide bonds. The van der Waals surface area contributed by atoms with Gasteiger partial charge in [0.05, 0.1) is 0 Å². The van der Waals surface area contributed by atoms with Crippen LogP contribution >= 0.6 is 0 Å². The van der Waals surface area contributed by atoms with Gasteiger partial charge < -0.3 is 9.15 Å². The summed E-state index contributed by atoms with van der Waals surface area (Å²) >= 11 is 0. The maximum atomic E-state index is 12.4. The Kier molecular flexibility index (Phi) is 3.72. The van der Waals surface area contributed by atoms with Gasteiger partial charge in [-0.25, -0.2) is 4.79 Å². The van der Waals surface area contributed by atoms with Gasteiger partial charge in [-0.05, 0) is 44.9 Å². The van der Waals surface area contributed by atoms with Crippen LogP contribution in [0.15, 0.2) is 52.9 Å². The minimum absolute atomic E-state index is 0.276. The van der Waals surface area contributed by atoms with E-state index >= 15 is 0 Å². The van der Waals surface area contributed by atoms with Crippen molar-refractivity contribution in [3.05, 3.63) is 59.9 Å². The minimum atomic E-state index is -0.551. The average molecular weight is 308 g/mol. The number of ether oxygens (including phenoxy) is 1. The first-order valence-corrected chi connectivity index (χ1v) is 7.68. The van der Waals surface area contributed by atoms with Crippen LogP contribution in [0.2, 0.25) is 0 Å². The van der Waals surface area contributed by atoms with Crippen molar-refractivity contribution in [2.45, 2.75) is 33.3 Å². The van der Waals surface area contributed by atoms with E-state index < -0.39 is 11.6 Å². The van der Waals surface area contributed by atoms with E-state index in [0.29, 0.717) is 5.58 Å². The molecule has 118 valence electrons. The minimum Gasteiger partial charge on any atom is -0.454 e. The summed E-state index contributed by atoms with van der Waals surface area (Å²) in [6.45, 7) is 7.44. The van der Waals surface area contributed by atoms with Crippen molar-refractivity contribution < 1.29 is 13.9 Å². The van der Waals surface area contributed by atoms with Gasteiger partial charge in [0.15, 0.2) is 0 Å². The summed E-state index contributed by atoms with van der Waals surface area (Å²) in [6.07, 6.45) is 0. The van der Waals surface area contributed by atoms with Crippen LogP contribution in [0.3, 0.4) is 0 Å². The topological polar surface area (TPSA) is 39.4 Å². The van der Waals surface area contributed by atoms with Gasteiger partial charge in [-0.3, -0.25) is 0 Å². The number of benzene rings is 2. The molecule has 3 heteroatoms. The molecular weight excluding hydrogens is 288 g/mol. The lowest BCUT2D eigenvalue weighted by Crippen LogP contribution is -2.23. The van der Waals surface area contributed by atoms with E-state index in [-0.39, 0.29) is 5.76 Å². The fraction of sp³-hybridized carbons (Fsp3) is 0.250. The number of aryl methyl sites for hydroxylation is 1. The molecule has 3 rings (SSSR count). The van der Waals surface area contributed by atoms with Crippen molar-refractivity contribution in [3.8, 4) is 11.1 Å². The summed E-state index contributed by atoms with van der Waals surface area (Å²) in [5, 5.41) is 0.958. The zero-order chi connectivity index (χ0) is 16.6. The van der Waals surface area contributed by atoms with E-state index in [2.05, 4.69) is 0 Å². The summed E-state index contributed by atoms with van der Waals surface area (Å²) < 4.78 is 11.2. The van der Waals surface area contributed by atoms with Crippen molar-refractivity contribution in [2.24, 2.45) is 0 Å². The zero-order valence-electron chi connectivity index (χ0n) is 13.8. The van der Waals surface area contributed by atoms with Crippen LogP contribution < -0.4 is 0 Å². The lowest BCUT2D eigenvalue weighted by atomic mass is 9.99. The molecule has 0 radical (unpaired) electrons. The number of esters is 1. The number of hydrogen-bond acceptors (Lipinski definition) is 3. The second-order valence-electron chi connectivity index (χ2n) is 6.60. The lowest BCUT2D eigenvalue weighted by molar-refractivity contribution is 0.00372. The number of rotatable bonds is 2. The summed E-state index contributed by atoms with van der Waals surface area (Å²) in [5.74, 6) is -0.150. The van der Waals surface area contributed by atoms with E-state index in [0.717, 1.165) is 22.1 Å². The quantitative estimate of drug-likeness (QED) is 0.598. The number of carbonyl (C=O) groups is 1. The maximum absolute atomic E-state index is 12.4. The molecule has 0 saturated carbocycles. The summed E-state index contributed by atoms with van der Waals surface area (Å²) in [6, 6.07) is 15.9. The Labute approximate surface area is 135 Å². The molecule has 1 aromatic heterocycles. The molecule has 0 aliphatic carbocycles. The van der Waals surface area contributed by atoms with Crippen LogP contribution in [0, 0.1) is 6.92 Å². The summed E-state index contributed by atoms with van der Waals surface area (Å²) in [4.78, 5) is 12.4. The van der Waals surface area contributed by atoms with Gasteiger partial charge in [0.1, 0.15) is 11.2 Å². The molecule has 0 aliphatic heterocycles. The normalized spacial score (nSPS) is 11.7. The first-order valence-electron chi connectivity index (χ1n) is 7.68. The van der Waals surface area contributed by atoms with E-state index in [1.54, 1.807) is 0 Å². The molecule has 0 N–H and O–H groups in total. The molecule has 0 atom stereocenters. The van der Waals surface area contributed by atoms with Gasteiger partial charge in [0, 0.05) is 10.9 Å². The van der Waals surface area contributed by atoms with Crippen molar-refractivity contribution >= 4 is 16.9 Å². The third kappa shape index (κ3) is 3.00. The third-order valence-corrected chi connectivity index (χ3v) is 3.62. The van der Waals surface area contributed by atoms with Crippen LogP contribution in [0.25, 0.3) is 22.1 Å². The SMILES string of the molecule is Cc1c(C(=O)OC(C)(C)C)oc2cccc(-c3ccccc3)c12. The largest absolute Gasteiger partial charge is 0.454 e. The number of fused-ring (bicyclic) bond motifs is 1. The lowest BCUT2D eigenvalue weighted by Gasteiger charge is -2.18. The Morgan fingerprint density at radius 2 is 1.70 bits per heavy atom. The highest BCUT2D eigenvalue weighted by Crippen LogP contribution is 2.35. The zero-order valence-corrected chi connectivity index (χ0v) is 13.8. The first kappa shape index (κ1) is 15.3. The van der Waals surface area contributed by atoms with E-state index in [4.69, 9.17) is 9.15 Å². The maximum Gasteiger partial charge on any atom is 0.375 e. The molecule has 0 aliphatic rings. The molecular formula is C20H20O3. The molecule has 0 unspecified atom stereocenters. The number of hydrogen-bond donors (Lipinski definition) is 0. The van der Waals surface area contributed by atoms with Crippen molar-refractivity contribution in [1.29, 1.82) is 0 Å². The average Bonchev–Trinajstić information content (AvgIpc) is 2.84. The molecule has 0 saturated heterocycles. The summed E-state index contributed by atoms with van der Waals surface area (Å²) in [5.41, 5.74) is 3.11. The molecule has 1 heterocycles. The Bertz CT molecular complexity index is 852. The number of furan rings is 1. The van der Waals surface area contributed by atoms with Gasteiger partial charge in [-0.1, -0.05) is 42.5 Å². The monoisotopic (exact) mass is 308 g/mol. The van der Waals surface area contributed by atoms with E-state index in [1.807, 2.05) is 76.2 Å². The molecule has 3 aromatic rings. The van der Waals surface area contributed by atoms with Gasteiger partial charge >= 0.3 is 5.97 Å². The van der Waals surface area contributed by atoms with Gasteiger partial charge in [0.2, 0.25) is 5.76 Å². The molecule has 2 aromatic carbocycles. The molecule has 23 heavy (non-hydrogen) atoms. The van der Waals surface area contributed by atoms with Crippen LogP contribution in [-0.2, 0) is 4.74 Å². The molecule has 0 spiro atoms. The molecule has 3 nitrogen and oxygen atoms in total. The molecule has 0 fully saturated rings. The Balaban J connectivity index is 2.15.